The van der Waals surface area contributed by atoms with Crippen molar-refractivity contribution in [2.75, 3.05) is 19.8 Å². The van der Waals surface area contributed by atoms with Crippen LogP contribution in [0.2, 0.25) is 0 Å². The zero-order chi connectivity index (χ0) is 15.7. The van der Waals surface area contributed by atoms with Crippen LogP contribution in [0.15, 0.2) is 23.1 Å². The van der Waals surface area contributed by atoms with Crippen LogP contribution in [0.4, 0.5) is 0 Å². The van der Waals surface area contributed by atoms with E-state index < -0.39 is 15.4 Å². The highest BCUT2D eigenvalue weighted by molar-refractivity contribution is 7.89. The highest BCUT2D eigenvalue weighted by atomic mass is 32.2. The van der Waals surface area contributed by atoms with Gasteiger partial charge < -0.3 is 9.47 Å². The summed E-state index contributed by atoms with van der Waals surface area (Å²) in [6.45, 7) is 5.82. The number of fused-ring (bicyclic) bond motifs is 1. The Morgan fingerprint density at radius 2 is 1.81 bits per heavy atom. The molecule has 0 aromatic heterocycles. The fraction of sp³-hybridized carbons (Fsp3) is 0.500. The minimum Gasteiger partial charge on any atom is -0.486 e. The van der Waals surface area contributed by atoms with Gasteiger partial charge in [0.2, 0.25) is 10.0 Å². The molecule has 1 aromatic rings. The van der Waals surface area contributed by atoms with Crippen LogP contribution >= 0.6 is 0 Å². The molecule has 0 aliphatic carbocycles. The van der Waals surface area contributed by atoms with Crippen LogP contribution in [-0.2, 0) is 14.8 Å². The van der Waals surface area contributed by atoms with Gasteiger partial charge in [0, 0.05) is 11.5 Å². The molecule has 0 spiro atoms. The molecule has 21 heavy (non-hydrogen) atoms. The molecular formula is C14H19NO5S. The summed E-state index contributed by atoms with van der Waals surface area (Å²) < 4.78 is 37.4. The Balaban J connectivity index is 2.15. The number of hydrogen-bond donors (Lipinski definition) is 1. The first-order valence-corrected chi connectivity index (χ1v) is 8.11. The van der Waals surface area contributed by atoms with Crippen LogP contribution in [-0.4, -0.2) is 34.0 Å². The molecule has 116 valence electrons. The molecule has 1 aliphatic rings. The van der Waals surface area contributed by atoms with E-state index in [2.05, 4.69) is 4.72 Å². The first kappa shape index (κ1) is 15.8. The van der Waals surface area contributed by atoms with E-state index in [1.807, 2.05) is 0 Å². The van der Waals surface area contributed by atoms with Crippen LogP contribution in [0.3, 0.4) is 0 Å². The molecule has 0 unspecified atom stereocenters. The second kappa shape index (κ2) is 5.65. The number of carbonyl (C=O) groups is 1. The van der Waals surface area contributed by atoms with Gasteiger partial charge in [-0.05, 0) is 12.1 Å². The van der Waals surface area contributed by atoms with Crippen LogP contribution < -0.4 is 14.2 Å². The quantitative estimate of drug-likeness (QED) is 0.907. The number of sulfonamides is 1. The molecule has 1 N–H and O–H groups in total. The third kappa shape index (κ3) is 3.74. The lowest BCUT2D eigenvalue weighted by Crippen LogP contribution is -2.35. The third-order valence-electron chi connectivity index (χ3n) is 3.08. The molecule has 0 fully saturated rings. The topological polar surface area (TPSA) is 81.7 Å². The Morgan fingerprint density at radius 3 is 2.43 bits per heavy atom. The average Bonchev–Trinajstić information content (AvgIpc) is 2.43. The van der Waals surface area contributed by atoms with Crippen molar-refractivity contribution in [2.45, 2.75) is 25.7 Å². The van der Waals surface area contributed by atoms with Gasteiger partial charge in [0.25, 0.3) is 0 Å². The predicted molar refractivity (Wildman–Crippen MR) is 77.1 cm³/mol. The van der Waals surface area contributed by atoms with Gasteiger partial charge in [0.15, 0.2) is 17.3 Å². The van der Waals surface area contributed by atoms with Gasteiger partial charge in [0.05, 0.1) is 11.4 Å². The standard InChI is InChI=1S/C14H19NO5S/c1-14(2,3)13(16)9-15-21(17,18)10-4-5-11-12(8-10)20-7-6-19-11/h4-5,8,15H,6-7,9H2,1-3H3. The van der Waals surface area contributed by atoms with E-state index in [1.54, 1.807) is 26.8 Å². The van der Waals surface area contributed by atoms with E-state index in [0.717, 1.165) is 0 Å². The second-order valence-electron chi connectivity index (χ2n) is 5.80. The smallest absolute Gasteiger partial charge is 0.241 e. The lowest BCUT2D eigenvalue weighted by Gasteiger charge is -2.19. The molecule has 1 aromatic carbocycles. The summed E-state index contributed by atoms with van der Waals surface area (Å²) in [5, 5.41) is 0. The number of benzene rings is 1. The predicted octanol–water partition coefficient (Wildman–Crippen LogP) is 1.35. The van der Waals surface area contributed by atoms with E-state index in [-0.39, 0.29) is 17.2 Å². The first-order chi connectivity index (χ1) is 9.70. The summed E-state index contributed by atoms with van der Waals surface area (Å²) in [5.41, 5.74) is -0.588. The summed E-state index contributed by atoms with van der Waals surface area (Å²) in [6, 6.07) is 4.38. The number of ketones is 1. The summed E-state index contributed by atoms with van der Waals surface area (Å²) in [4.78, 5) is 11.9. The van der Waals surface area contributed by atoms with Gasteiger partial charge in [-0.25, -0.2) is 13.1 Å². The van der Waals surface area contributed by atoms with Gasteiger partial charge in [-0.1, -0.05) is 20.8 Å². The maximum atomic E-state index is 12.2. The molecule has 0 saturated heterocycles. The maximum absolute atomic E-state index is 12.2. The normalized spacial score (nSPS) is 14.8. The molecule has 0 bridgehead atoms. The van der Waals surface area contributed by atoms with Crippen molar-refractivity contribution in [1.29, 1.82) is 0 Å². The fourth-order valence-electron chi connectivity index (χ4n) is 1.70. The van der Waals surface area contributed by atoms with Crippen molar-refractivity contribution in [3.05, 3.63) is 18.2 Å². The van der Waals surface area contributed by atoms with Crippen LogP contribution in [0, 0.1) is 5.41 Å². The molecule has 0 radical (unpaired) electrons. The lowest BCUT2D eigenvalue weighted by molar-refractivity contribution is -0.125. The molecular weight excluding hydrogens is 294 g/mol. The van der Waals surface area contributed by atoms with Gasteiger partial charge >= 0.3 is 0 Å². The van der Waals surface area contributed by atoms with E-state index >= 15 is 0 Å². The Labute approximate surface area is 124 Å². The van der Waals surface area contributed by atoms with E-state index in [0.29, 0.717) is 24.7 Å². The monoisotopic (exact) mass is 313 g/mol. The Morgan fingerprint density at radius 1 is 1.19 bits per heavy atom. The van der Waals surface area contributed by atoms with Crippen LogP contribution in [0.5, 0.6) is 11.5 Å². The minimum atomic E-state index is -3.76. The van der Waals surface area contributed by atoms with Gasteiger partial charge in [-0.15, -0.1) is 0 Å². The zero-order valence-electron chi connectivity index (χ0n) is 12.3. The van der Waals surface area contributed by atoms with Crippen LogP contribution in [0.25, 0.3) is 0 Å². The van der Waals surface area contributed by atoms with Crippen molar-refractivity contribution < 1.29 is 22.7 Å². The molecule has 2 rings (SSSR count). The van der Waals surface area contributed by atoms with Crippen LogP contribution in [0.1, 0.15) is 20.8 Å². The summed E-state index contributed by atoms with van der Waals surface area (Å²) in [6.07, 6.45) is 0. The highest BCUT2D eigenvalue weighted by Gasteiger charge is 2.24. The molecule has 0 saturated carbocycles. The van der Waals surface area contributed by atoms with Crippen molar-refractivity contribution in [3.63, 3.8) is 0 Å². The molecule has 1 heterocycles. The Hall–Kier alpha value is -1.60. The molecule has 0 atom stereocenters. The van der Waals surface area contributed by atoms with Gasteiger partial charge in [0.1, 0.15) is 13.2 Å². The zero-order valence-corrected chi connectivity index (χ0v) is 13.1. The van der Waals surface area contributed by atoms with Crippen molar-refractivity contribution in [3.8, 4) is 11.5 Å². The molecule has 7 heteroatoms. The lowest BCUT2D eigenvalue weighted by atomic mass is 9.91. The number of hydrogen-bond acceptors (Lipinski definition) is 5. The second-order valence-corrected chi connectivity index (χ2v) is 7.57. The number of nitrogens with one attached hydrogen (secondary N) is 1. The Kier molecular flexibility index (Phi) is 4.25. The minimum absolute atomic E-state index is 0.0495. The van der Waals surface area contributed by atoms with E-state index in [9.17, 15) is 13.2 Å². The fourth-order valence-corrected chi connectivity index (χ4v) is 2.70. The largest absolute Gasteiger partial charge is 0.486 e. The van der Waals surface area contributed by atoms with Crippen molar-refractivity contribution in [2.24, 2.45) is 5.41 Å². The maximum Gasteiger partial charge on any atom is 0.241 e. The first-order valence-electron chi connectivity index (χ1n) is 6.63. The third-order valence-corrected chi connectivity index (χ3v) is 4.48. The van der Waals surface area contributed by atoms with Gasteiger partial charge in [-0.3, -0.25) is 4.79 Å². The molecule has 6 nitrogen and oxygen atoms in total. The highest BCUT2D eigenvalue weighted by Crippen LogP contribution is 2.32. The molecule has 0 amide bonds. The molecule has 1 aliphatic heterocycles. The van der Waals surface area contributed by atoms with E-state index in [4.69, 9.17) is 9.47 Å². The van der Waals surface area contributed by atoms with Crippen molar-refractivity contribution in [1.82, 2.24) is 4.72 Å². The van der Waals surface area contributed by atoms with Gasteiger partial charge in [-0.2, -0.15) is 0 Å². The summed E-state index contributed by atoms with van der Waals surface area (Å²) in [7, 11) is -3.76. The Bertz CT molecular complexity index is 646. The van der Waals surface area contributed by atoms with Crippen molar-refractivity contribution >= 4 is 15.8 Å². The number of Topliss-reactive ketones (excluding diaryl/α,β-unsaturated/α-hetero) is 1. The van der Waals surface area contributed by atoms with E-state index in [1.165, 1.54) is 12.1 Å². The number of rotatable bonds is 4. The SMILES string of the molecule is CC(C)(C)C(=O)CNS(=O)(=O)c1ccc2c(c1)OCCO2. The summed E-state index contributed by atoms with van der Waals surface area (Å²) >= 11 is 0. The number of ether oxygens (including phenoxy) is 2. The average molecular weight is 313 g/mol. The number of carbonyl (C=O) groups excluding carboxylic acids is 1. The summed E-state index contributed by atoms with van der Waals surface area (Å²) in [5.74, 6) is 0.737.